The number of hydrogen-bond donors (Lipinski definition) is 3. The predicted octanol–water partition coefficient (Wildman–Crippen LogP) is 2.68. The van der Waals surface area contributed by atoms with Crippen LogP contribution in [0.2, 0.25) is 0 Å². The van der Waals surface area contributed by atoms with Crippen LogP contribution >= 0.6 is 0 Å². The standard InChI is InChI=1S/C21H34O4/c1-12(22)21(25)9-6-16-18-15(5-8-20(16,21)3)19(2)7-4-14(23)10-13(19)11-17(18)24/h13-18,23-25H,4-11H2,1-3H3/t13-,14+,15+,16+,17-,18-,19+,20+,21+/m1/s1. The Balaban J connectivity index is 1.69. The van der Waals surface area contributed by atoms with Crippen LogP contribution in [0.4, 0.5) is 0 Å². The minimum atomic E-state index is -1.22. The quantitative estimate of drug-likeness (QED) is 0.679. The summed E-state index contributed by atoms with van der Waals surface area (Å²) in [4.78, 5) is 12.3. The van der Waals surface area contributed by atoms with Crippen LogP contribution < -0.4 is 0 Å². The number of rotatable bonds is 1. The number of Topliss-reactive ketones (excluding diaryl/α,β-unsaturated/α-hetero) is 1. The van der Waals surface area contributed by atoms with Gasteiger partial charge in [-0.1, -0.05) is 13.8 Å². The van der Waals surface area contributed by atoms with Crippen molar-refractivity contribution in [2.45, 2.75) is 89.9 Å². The van der Waals surface area contributed by atoms with Gasteiger partial charge in [-0.15, -0.1) is 0 Å². The first-order valence-electron chi connectivity index (χ1n) is 10.2. The SMILES string of the molecule is CC(=O)[C@@]1(O)CC[C@H]2[C@@H]3[C@H](O)C[C@H]4C[C@@H](O)CC[C@]4(C)[C@H]3CC[C@@]21C. The molecule has 4 aliphatic rings. The van der Waals surface area contributed by atoms with Gasteiger partial charge in [0.15, 0.2) is 5.78 Å². The van der Waals surface area contributed by atoms with E-state index in [0.29, 0.717) is 18.3 Å². The molecular formula is C21H34O4. The molecule has 4 saturated carbocycles. The Hall–Kier alpha value is -0.450. The van der Waals surface area contributed by atoms with Crippen molar-refractivity contribution in [2.75, 3.05) is 0 Å². The third-order valence-corrected chi connectivity index (χ3v) is 9.39. The van der Waals surface area contributed by atoms with Crippen molar-refractivity contribution in [1.29, 1.82) is 0 Å². The minimum absolute atomic E-state index is 0.105. The molecular weight excluding hydrogens is 316 g/mol. The van der Waals surface area contributed by atoms with Crippen molar-refractivity contribution in [3.8, 4) is 0 Å². The Labute approximate surface area is 151 Å². The summed E-state index contributed by atoms with van der Waals surface area (Å²) in [5, 5.41) is 32.3. The average Bonchev–Trinajstić information content (AvgIpc) is 2.82. The maximum atomic E-state index is 12.3. The van der Waals surface area contributed by atoms with Crippen LogP contribution in [-0.2, 0) is 4.79 Å². The molecule has 4 rings (SSSR count). The number of carbonyl (C=O) groups excluding carboxylic acids is 1. The van der Waals surface area contributed by atoms with Gasteiger partial charge in [0.25, 0.3) is 0 Å². The summed E-state index contributed by atoms with van der Waals surface area (Å²) in [6, 6.07) is 0. The number of ketones is 1. The lowest BCUT2D eigenvalue weighted by molar-refractivity contribution is -0.193. The van der Waals surface area contributed by atoms with Gasteiger partial charge in [0.05, 0.1) is 12.2 Å². The summed E-state index contributed by atoms with van der Waals surface area (Å²) < 4.78 is 0. The van der Waals surface area contributed by atoms with E-state index < -0.39 is 11.0 Å². The van der Waals surface area contributed by atoms with E-state index >= 15 is 0 Å². The van der Waals surface area contributed by atoms with E-state index in [2.05, 4.69) is 13.8 Å². The first kappa shape index (κ1) is 17.9. The van der Waals surface area contributed by atoms with Crippen molar-refractivity contribution < 1.29 is 20.1 Å². The van der Waals surface area contributed by atoms with E-state index in [1.54, 1.807) is 0 Å². The fourth-order valence-corrected chi connectivity index (χ4v) is 7.80. The lowest BCUT2D eigenvalue weighted by Crippen LogP contribution is -2.61. The fourth-order valence-electron chi connectivity index (χ4n) is 7.80. The van der Waals surface area contributed by atoms with Crippen LogP contribution in [0.25, 0.3) is 0 Å². The van der Waals surface area contributed by atoms with Crippen molar-refractivity contribution in [3.05, 3.63) is 0 Å². The van der Waals surface area contributed by atoms with Gasteiger partial charge in [-0.2, -0.15) is 0 Å². The number of hydrogen-bond acceptors (Lipinski definition) is 4. The molecule has 4 fully saturated rings. The van der Waals surface area contributed by atoms with Gasteiger partial charge in [0.2, 0.25) is 0 Å². The molecule has 3 N–H and O–H groups in total. The second-order valence-electron chi connectivity index (χ2n) is 10.1. The zero-order valence-corrected chi connectivity index (χ0v) is 15.9. The second-order valence-corrected chi connectivity index (χ2v) is 10.1. The van der Waals surface area contributed by atoms with Crippen molar-refractivity contribution in [1.82, 2.24) is 0 Å². The molecule has 0 bridgehead atoms. The van der Waals surface area contributed by atoms with Crippen LogP contribution in [0.1, 0.15) is 72.1 Å². The summed E-state index contributed by atoms with van der Waals surface area (Å²) >= 11 is 0. The zero-order chi connectivity index (χ0) is 18.2. The highest BCUT2D eigenvalue weighted by molar-refractivity contribution is 5.86. The largest absolute Gasteiger partial charge is 0.393 e. The Bertz CT molecular complexity index is 576. The Morgan fingerprint density at radius 3 is 2.32 bits per heavy atom. The van der Waals surface area contributed by atoms with Crippen LogP contribution in [-0.4, -0.2) is 38.9 Å². The molecule has 0 heterocycles. The van der Waals surface area contributed by atoms with Gasteiger partial charge in [-0.3, -0.25) is 4.79 Å². The van der Waals surface area contributed by atoms with Crippen LogP contribution in [0.15, 0.2) is 0 Å². The van der Waals surface area contributed by atoms with E-state index in [0.717, 1.165) is 44.9 Å². The van der Waals surface area contributed by atoms with E-state index in [1.165, 1.54) is 6.92 Å². The Morgan fingerprint density at radius 2 is 1.64 bits per heavy atom. The molecule has 0 unspecified atom stereocenters. The van der Waals surface area contributed by atoms with Crippen LogP contribution in [0.5, 0.6) is 0 Å². The molecule has 0 radical (unpaired) electrons. The van der Waals surface area contributed by atoms with Gasteiger partial charge < -0.3 is 15.3 Å². The number of carbonyl (C=O) groups is 1. The number of fused-ring (bicyclic) bond motifs is 5. The zero-order valence-electron chi connectivity index (χ0n) is 15.9. The molecule has 4 heteroatoms. The molecule has 0 aliphatic heterocycles. The fraction of sp³-hybridized carbons (Fsp3) is 0.952. The maximum absolute atomic E-state index is 12.3. The molecule has 142 valence electrons. The molecule has 9 atom stereocenters. The summed E-state index contributed by atoms with van der Waals surface area (Å²) in [6.07, 6.45) is 6.12. The van der Waals surface area contributed by atoms with E-state index in [1.807, 2.05) is 0 Å². The van der Waals surface area contributed by atoms with Crippen molar-refractivity contribution >= 4 is 5.78 Å². The highest BCUT2D eigenvalue weighted by Gasteiger charge is 2.67. The molecule has 0 aromatic heterocycles. The number of aliphatic hydroxyl groups excluding tert-OH is 2. The smallest absolute Gasteiger partial charge is 0.161 e. The normalized spacial score (nSPS) is 58.2. The maximum Gasteiger partial charge on any atom is 0.161 e. The van der Waals surface area contributed by atoms with Crippen LogP contribution in [0.3, 0.4) is 0 Å². The second kappa shape index (κ2) is 5.53. The van der Waals surface area contributed by atoms with Crippen LogP contribution in [0, 0.1) is 34.5 Å². The lowest BCUT2D eigenvalue weighted by atomic mass is 9.43. The third-order valence-electron chi connectivity index (χ3n) is 9.39. The van der Waals surface area contributed by atoms with Crippen molar-refractivity contribution in [3.63, 3.8) is 0 Å². The highest BCUT2D eigenvalue weighted by Crippen LogP contribution is 2.68. The average molecular weight is 350 g/mol. The number of aliphatic hydroxyl groups is 3. The molecule has 0 aromatic carbocycles. The third kappa shape index (κ3) is 2.20. The topological polar surface area (TPSA) is 77.8 Å². The van der Waals surface area contributed by atoms with E-state index in [-0.39, 0.29) is 35.2 Å². The molecule has 4 nitrogen and oxygen atoms in total. The van der Waals surface area contributed by atoms with Gasteiger partial charge in [-0.25, -0.2) is 0 Å². The molecule has 0 aromatic rings. The first-order chi connectivity index (χ1) is 11.6. The highest BCUT2D eigenvalue weighted by atomic mass is 16.3. The Morgan fingerprint density at radius 1 is 0.960 bits per heavy atom. The van der Waals surface area contributed by atoms with Gasteiger partial charge in [0.1, 0.15) is 5.60 Å². The van der Waals surface area contributed by atoms with Crippen molar-refractivity contribution in [2.24, 2.45) is 34.5 Å². The van der Waals surface area contributed by atoms with E-state index in [4.69, 9.17) is 0 Å². The molecule has 25 heavy (non-hydrogen) atoms. The molecule has 0 spiro atoms. The molecule has 0 saturated heterocycles. The van der Waals surface area contributed by atoms with Gasteiger partial charge in [0, 0.05) is 5.41 Å². The monoisotopic (exact) mass is 350 g/mol. The summed E-state index contributed by atoms with van der Waals surface area (Å²) in [5.41, 5.74) is -1.44. The predicted molar refractivity (Wildman–Crippen MR) is 94.8 cm³/mol. The van der Waals surface area contributed by atoms with Gasteiger partial charge in [-0.05, 0) is 87.4 Å². The summed E-state index contributed by atoms with van der Waals surface area (Å²) in [7, 11) is 0. The van der Waals surface area contributed by atoms with Gasteiger partial charge >= 0.3 is 0 Å². The molecule has 0 amide bonds. The van der Waals surface area contributed by atoms with E-state index in [9.17, 15) is 20.1 Å². The lowest BCUT2D eigenvalue weighted by Gasteiger charge is -2.62. The summed E-state index contributed by atoms with van der Waals surface area (Å²) in [6.45, 7) is 5.99. The molecule has 4 aliphatic carbocycles. The minimum Gasteiger partial charge on any atom is -0.393 e. The first-order valence-corrected chi connectivity index (χ1v) is 10.2. The Kier molecular flexibility index (Phi) is 3.97. The summed E-state index contributed by atoms with van der Waals surface area (Å²) in [5.74, 6) is 1.14.